The standard InChI is InChI=1S/C23H22FNO5/c1-28-20-10-4-7-15-12-18(23(27)30-21(15)20)22(26)25(14-17-8-5-11-29-17)13-16-6-2-3-9-19(16)24/h2-4,6-7,9-10,12,17H,5,8,11,13-14H2,1H3/t17-/m0/s1. The second-order valence-corrected chi connectivity index (χ2v) is 7.24. The highest BCUT2D eigenvalue weighted by atomic mass is 19.1. The zero-order valence-electron chi connectivity index (χ0n) is 16.6. The van der Waals surface area contributed by atoms with Crippen LogP contribution in [-0.4, -0.2) is 37.2 Å². The molecule has 1 amide bonds. The third-order valence-electron chi connectivity index (χ3n) is 5.23. The van der Waals surface area contributed by atoms with E-state index in [2.05, 4.69) is 0 Å². The number of hydrogen-bond donors (Lipinski definition) is 0. The van der Waals surface area contributed by atoms with Crippen molar-refractivity contribution in [1.29, 1.82) is 0 Å². The van der Waals surface area contributed by atoms with Crippen LogP contribution >= 0.6 is 0 Å². The van der Waals surface area contributed by atoms with Gasteiger partial charge in [0.25, 0.3) is 5.91 Å². The first-order chi connectivity index (χ1) is 14.6. The van der Waals surface area contributed by atoms with Crippen molar-refractivity contribution in [3.8, 4) is 5.75 Å². The molecule has 0 N–H and O–H groups in total. The summed E-state index contributed by atoms with van der Waals surface area (Å²) in [6.45, 7) is 0.925. The van der Waals surface area contributed by atoms with Crippen LogP contribution < -0.4 is 10.4 Å². The highest BCUT2D eigenvalue weighted by Crippen LogP contribution is 2.25. The van der Waals surface area contributed by atoms with E-state index in [1.54, 1.807) is 36.4 Å². The van der Waals surface area contributed by atoms with Gasteiger partial charge in [0, 0.05) is 30.6 Å². The van der Waals surface area contributed by atoms with Gasteiger partial charge in [-0.2, -0.15) is 0 Å². The number of halogens is 1. The molecule has 1 aromatic heterocycles. The van der Waals surface area contributed by atoms with Crippen molar-refractivity contribution in [2.75, 3.05) is 20.3 Å². The Kier molecular flexibility index (Phi) is 5.81. The lowest BCUT2D eigenvalue weighted by atomic mass is 10.1. The number of hydrogen-bond acceptors (Lipinski definition) is 5. The summed E-state index contributed by atoms with van der Waals surface area (Å²) in [6.07, 6.45) is 1.57. The van der Waals surface area contributed by atoms with Crippen LogP contribution in [-0.2, 0) is 11.3 Å². The summed E-state index contributed by atoms with van der Waals surface area (Å²) >= 11 is 0. The summed E-state index contributed by atoms with van der Waals surface area (Å²) in [4.78, 5) is 27.4. The molecule has 6 nitrogen and oxygen atoms in total. The maximum absolute atomic E-state index is 14.2. The second-order valence-electron chi connectivity index (χ2n) is 7.24. The highest BCUT2D eigenvalue weighted by molar-refractivity contribution is 5.97. The van der Waals surface area contributed by atoms with Gasteiger partial charge in [0.2, 0.25) is 0 Å². The number of rotatable bonds is 6. The molecule has 30 heavy (non-hydrogen) atoms. The summed E-state index contributed by atoms with van der Waals surface area (Å²) < 4.78 is 30.5. The first-order valence-corrected chi connectivity index (χ1v) is 9.82. The molecule has 2 heterocycles. The highest BCUT2D eigenvalue weighted by Gasteiger charge is 2.27. The Labute approximate surface area is 172 Å². The van der Waals surface area contributed by atoms with E-state index in [4.69, 9.17) is 13.9 Å². The number of ether oxygens (including phenoxy) is 2. The van der Waals surface area contributed by atoms with Gasteiger partial charge < -0.3 is 18.8 Å². The minimum absolute atomic E-state index is 0.0287. The van der Waals surface area contributed by atoms with Gasteiger partial charge in [-0.1, -0.05) is 30.3 Å². The van der Waals surface area contributed by atoms with Gasteiger partial charge in [-0.15, -0.1) is 0 Å². The Bertz CT molecular complexity index is 1120. The molecule has 3 aromatic rings. The molecular formula is C23H22FNO5. The van der Waals surface area contributed by atoms with E-state index in [1.807, 2.05) is 0 Å². The molecule has 1 saturated heterocycles. The molecule has 1 atom stereocenters. The lowest BCUT2D eigenvalue weighted by Gasteiger charge is -2.25. The monoisotopic (exact) mass is 411 g/mol. The Morgan fingerprint density at radius 3 is 2.80 bits per heavy atom. The number of benzene rings is 2. The van der Waals surface area contributed by atoms with Crippen molar-refractivity contribution in [1.82, 2.24) is 4.90 Å². The number of fused-ring (bicyclic) bond motifs is 1. The largest absolute Gasteiger partial charge is 0.493 e. The van der Waals surface area contributed by atoms with Crippen LogP contribution in [0.5, 0.6) is 5.75 Å². The smallest absolute Gasteiger partial charge is 0.349 e. The molecule has 0 aliphatic carbocycles. The Balaban J connectivity index is 1.70. The Hall–Kier alpha value is -3.19. The molecule has 1 aliphatic heterocycles. The van der Waals surface area contributed by atoms with Crippen molar-refractivity contribution in [3.05, 3.63) is 75.9 Å². The van der Waals surface area contributed by atoms with Gasteiger partial charge in [0.05, 0.1) is 13.2 Å². The average Bonchev–Trinajstić information content (AvgIpc) is 3.26. The van der Waals surface area contributed by atoms with Gasteiger partial charge >= 0.3 is 5.63 Å². The fourth-order valence-electron chi connectivity index (χ4n) is 3.68. The number of methoxy groups -OCH3 is 1. The Morgan fingerprint density at radius 2 is 2.07 bits per heavy atom. The molecule has 2 aromatic carbocycles. The SMILES string of the molecule is COc1cccc2cc(C(=O)N(Cc3ccccc3F)C[C@@H]3CCCO3)c(=O)oc12. The molecule has 4 rings (SSSR count). The summed E-state index contributed by atoms with van der Waals surface area (Å²) in [5, 5.41) is 0.570. The summed E-state index contributed by atoms with van der Waals surface area (Å²) in [7, 11) is 1.48. The molecule has 1 fully saturated rings. The second kappa shape index (κ2) is 8.67. The predicted octanol–water partition coefficient (Wildman–Crippen LogP) is 3.76. The van der Waals surface area contributed by atoms with E-state index in [0.29, 0.717) is 23.3 Å². The van der Waals surface area contributed by atoms with Crippen molar-refractivity contribution >= 4 is 16.9 Å². The number of carbonyl (C=O) groups excluding carboxylic acids is 1. The molecule has 0 spiro atoms. The topological polar surface area (TPSA) is 69.0 Å². The van der Waals surface area contributed by atoms with Crippen LogP contribution in [0.15, 0.2) is 57.7 Å². The van der Waals surface area contributed by atoms with Crippen LogP contribution in [0.1, 0.15) is 28.8 Å². The molecular weight excluding hydrogens is 389 g/mol. The molecule has 0 saturated carbocycles. The summed E-state index contributed by atoms with van der Waals surface area (Å²) in [6, 6.07) is 12.9. The zero-order valence-corrected chi connectivity index (χ0v) is 16.6. The van der Waals surface area contributed by atoms with Crippen LogP contribution in [0.2, 0.25) is 0 Å². The molecule has 7 heteroatoms. The Morgan fingerprint density at radius 1 is 1.23 bits per heavy atom. The van der Waals surface area contributed by atoms with Crippen LogP contribution in [0.3, 0.4) is 0 Å². The van der Waals surface area contributed by atoms with Gasteiger partial charge in [0.1, 0.15) is 11.4 Å². The van der Waals surface area contributed by atoms with Crippen molar-refractivity contribution in [2.24, 2.45) is 0 Å². The molecule has 1 aliphatic rings. The van der Waals surface area contributed by atoms with E-state index in [0.717, 1.165) is 12.8 Å². The van der Waals surface area contributed by atoms with Gasteiger partial charge in [-0.25, -0.2) is 9.18 Å². The van der Waals surface area contributed by atoms with Crippen LogP contribution in [0.4, 0.5) is 4.39 Å². The van der Waals surface area contributed by atoms with Crippen molar-refractivity contribution in [3.63, 3.8) is 0 Å². The first kappa shape index (κ1) is 20.1. The van der Waals surface area contributed by atoms with E-state index in [-0.39, 0.29) is 30.3 Å². The fraction of sp³-hybridized carbons (Fsp3) is 0.304. The average molecular weight is 411 g/mol. The fourth-order valence-corrected chi connectivity index (χ4v) is 3.68. The first-order valence-electron chi connectivity index (χ1n) is 9.82. The minimum Gasteiger partial charge on any atom is -0.493 e. The summed E-state index contributed by atoms with van der Waals surface area (Å²) in [5.41, 5.74) is -0.218. The van der Waals surface area contributed by atoms with Crippen molar-refractivity contribution in [2.45, 2.75) is 25.5 Å². The van der Waals surface area contributed by atoms with Crippen molar-refractivity contribution < 1.29 is 23.1 Å². The summed E-state index contributed by atoms with van der Waals surface area (Å²) in [5.74, 6) is -0.517. The molecule has 0 unspecified atom stereocenters. The molecule has 0 bridgehead atoms. The molecule has 0 radical (unpaired) electrons. The third-order valence-corrected chi connectivity index (χ3v) is 5.23. The number of para-hydroxylation sites is 1. The lowest BCUT2D eigenvalue weighted by molar-refractivity contribution is 0.0502. The normalized spacial score (nSPS) is 16.0. The predicted molar refractivity (Wildman–Crippen MR) is 109 cm³/mol. The third kappa shape index (κ3) is 4.07. The van der Waals surface area contributed by atoms with Gasteiger partial charge in [-0.3, -0.25) is 4.79 Å². The van der Waals surface area contributed by atoms with E-state index in [1.165, 1.54) is 24.1 Å². The van der Waals surface area contributed by atoms with Crippen LogP contribution in [0, 0.1) is 5.82 Å². The van der Waals surface area contributed by atoms with E-state index >= 15 is 0 Å². The lowest BCUT2D eigenvalue weighted by Crippen LogP contribution is -2.39. The van der Waals surface area contributed by atoms with E-state index in [9.17, 15) is 14.0 Å². The maximum atomic E-state index is 14.2. The number of nitrogens with zero attached hydrogens (tertiary/aromatic N) is 1. The zero-order chi connectivity index (χ0) is 21.1. The quantitative estimate of drug-likeness (QED) is 0.578. The van der Waals surface area contributed by atoms with E-state index < -0.39 is 17.3 Å². The maximum Gasteiger partial charge on any atom is 0.349 e. The van der Waals surface area contributed by atoms with Gasteiger partial charge in [0.15, 0.2) is 11.3 Å². The molecule has 156 valence electrons. The number of amides is 1. The minimum atomic E-state index is -0.761. The van der Waals surface area contributed by atoms with Gasteiger partial charge in [-0.05, 0) is 31.0 Å². The number of carbonyl (C=O) groups is 1. The van der Waals surface area contributed by atoms with Crippen LogP contribution in [0.25, 0.3) is 11.0 Å².